The summed E-state index contributed by atoms with van der Waals surface area (Å²) in [6.07, 6.45) is 6.01. The molecule has 0 saturated heterocycles. The standard InChI is InChI=1S/C14H24N4/c1-4-12-17-13(15)10(3)14(18-12)16-11-8-6-5-7-9(11)2/h9,11H,4-8H2,1-3H3,(H3,15,16,17,18). The second kappa shape index (κ2) is 5.55. The third-order valence-electron chi connectivity index (χ3n) is 3.98. The van der Waals surface area contributed by atoms with E-state index in [2.05, 4.69) is 29.1 Å². The minimum absolute atomic E-state index is 0.524. The molecule has 1 aliphatic carbocycles. The van der Waals surface area contributed by atoms with Crippen LogP contribution < -0.4 is 11.1 Å². The third kappa shape index (κ3) is 2.74. The second-order valence-corrected chi connectivity index (χ2v) is 5.36. The maximum atomic E-state index is 5.95. The minimum Gasteiger partial charge on any atom is -0.383 e. The molecule has 0 aromatic carbocycles. The van der Waals surface area contributed by atoms with Gasteiger partial charge in [0.05, 0.1) is 0 Å². The van der Waals surface area contributed by atoms with Crippen molar-refractivity contribution >= 4 is 11.6 Å². The van der Waals surface area contributed by atoms with Gasteiger partial charge >= 0.3 is 0 Å². The Labute approximate surface area is 109 Å². The maximum Gasteiger partial charge on any atom is 0.134 e. The number of nitrogens with two attached hydrogens (primary N) is 1. The molecule has 1 aliphatic rings. The highest BCUT2D eigenvalue weighted by Gasteiger charge is 2.22. The number of anilines is 2. The monoisotopic (exact) mass is 248 g/mol. The van der Waals surface area contributed by atoms with Gasteiger partial charge in [-0.3, -0.25) is 0 Å². The number of nitrogens with zero attached hydrogens (tertiary/aromatic N) is 2. The fourth-order valence-electron chi connectivity index (χ4n) is 2.59. The van der Waals surface area contributed by atoms with Crippen LogP contribution in [0.2, 0.25) is 0 Å². The summed E-state index contributed by atoms with van der Waals surface area (Å²) in [5, 5.41) is 3.58. The molecule has 100 valence electrons. The summed E-state index contributed by atoms with van der Waals surface area (Å²) in [6.45, 7) is 6.36. The van der Waals surface area contributed by atoms with Crippen molar-refractivity contribution in [2.45, 2.75) is 58.9 Å². The number of rotatable bonds is 3. The summed E-state index contributed by atoms with van der Waals surface area (Å²) < 4.78 is 0. The van der Waals surface area contributed by atoms with Gasteiger partial charge in [-0.15, -0.1) is 0 Å². The molecule has 0 aliphatic heterocycles. The van der Waals surface area contributed by atoms with E-state index in [0.717, 1.165) is 23.6 Å². The molecular weight excluding hydrogens is 224 g/mol. The van der Waals surface area contributed by atoms with Gasteiger partial charge in [-0.2, -0.15) is 0 Å². The molecule has 0 spiro atoms. The highest BCUT2D eigenvalue weighted by Crippen LogP contribution is 2.28. The van der Waals surface area contributed by atoms with E-state index in [1.165, 1.54) is 25.7 Å². The lowest BCUT2D eigenvalue weighted by atomic mass is 9.86. The van der Waals surface area contributed by atoms with Gasteiger partial charge in [0.1, 0.15) is 17.5 Å². The van der Waals surface area contributed by atoms with Crippen molar-refractivity contribution in [2.75, 3.05) is 11.1 Å². The fourth-order valence-corrected chi connectivity index (χ4v) is 2.59. The van der Waals surface area contributed by atoms with Gasteiger partial charge in [-0.05, 0) is 25.7 Å². The third-order valence-corrected chi connectivity index (χ3v) is 3.98. The topological polar surface area (TPSA) is 63.8 Å². The number of aromatic nitrogens is 2. The Hall–Kier alpha value is -1.32. The maximum absolute atomic E-state index is 5.95. The molecule has 4 heteroatoms. The molecule has 2 unspecified atom stereocenters. The van der Waals surface area contributed by atoms with Gasteiger partial charge in [-0.1, -0.05) is 26.7 Å². The van der Waals surface area contributed by atoms with Crippen LogP contribution in [0.3, 0.4) is 0 Å². The lowest BCUT2D eigenvalue weighted by Crippen LogP contribution is -2.31. The molecule has 2 rings (SSSR count). The van der Waals surface area contributed by atoms with Gasteiger partial charge < -0.3 is 11.1 Å². The Bertz CT molecular complexity index is 417. The zero-order valence-corrected chi connectivity index (χ0v) is 11.7. The Kier molecular flexibility index (Phi) is 4.04. The Morgan fingerprint density at radius 1 is 1.28 bits per heavy atom. The van der Waals surface area contributed by atoms with Crippen molar-refractivity contribution in [1.29, 1.82) is 0 Å². The lowest BCUT2D eigenvalue weighted by Gasteiger charge is -2.30. The molecule has 1 aromatic heterocycles. The lowest BCUT2D eigenvalue weighted by molar-refractivity contribution is 0.349. The first-order valence-corrected chi connectivity index (χ1v) is 7.01. The summed E-state index contributed by atoms with van der Waals surface area (Å²) in [5.74, 6) is 3.06. The summed E-state index contributed by atoms with van der Waals surface area (Å²) in [5.41, 5.74) is 6.92. The van der Waals surface area contributed by atoms with Crippen LogP contribution in [0.4, 0.5) is 11.6 Å². The van der Waals surface area contributed by atoms with Crippen LogP contribution in [-0.2, 0) is 6.42 Å². The van der Waals surface area contributed by atoms with E-state index < -0.39 is 0 Å². The number of nitrogen functional groups attached to an aromatic ring is 1. The summed E-state index contributed by atoms with van der Waals surface area (Å²) in [7, 11) is 0. The number of hydrogen-bond acceptors (Lipinski definition) is 4. The van der Waals surface area contributed by atoms with Crippen LogP contribution in [0.25, 0.3) is 0 Å². The van der Waals surface area contributed by atoms with Crippen molar-refractivity contribution in [3.63, 3.8) is 0 Å². The van der Waals surface area contributed by atoms with Crippen molar-refractivity contribution in [3.8, 4) is 0 Å². The fraction of sp³-hybridized carbons (Fsp3) is 0.714. The van der Waals surface area contributed by atoms with E-state index >= 15 is 0 Å². The van der Waals surface area contributed by atoms with Crippen molar-refractivity contribution in [1.82, 2.24) is 9.97 Å². The van der Waals surface area contributed by atoms with E-state index in [1.54, 1.807) is 0 Å². The number of nitrogens with one attached hydrogen (secondary N) is 1. The molecule has 1 saturated carbocycles. The predicted octanol–water partition coefficient (Wildman–Crippen LogP) is 2.92. The largest absolute Gasteiger partial charge is 0.383 e. The second-order valence-electron chi connectivity index (χ2n) is 5.36. The molecule has 1 aromatic rings. The highest BCUT2D eigenvalue weighted by atomic mass is 15.1. The summed E-state index contributed by atoms with van der Waals surface area (Å²) >= 11 is 0. The highest BCUT2D eigenvalue weighted by molar-refractivity contribution is 5.55. The van der Waals surface area contributed by atoms with Gasteiger partial charge in [-0.25, -0.2) is 9.97 Å². The molecule has 18 heavy (non-hydrogen) atoms. The van der Waals surface area contributed by atoms with Gasteiger partial charge in [0.25, 0.3) is 0 Å². The SMILES string of the molecule is CCc1nc(N)c(C)c(NC2CCCCC2C)n1. The smallest absolute Gasteiger partial charge is 0.134 e. The molecule has 0 bridgehead atoms. The Morgan fingerprint density at radius 3 is 2.67 bits per heavy atom. The average Bonchev–Trinajstić information content (AvgIpc) is 2.37. The van der Waals surface area contributed by atoms with Crippen LogP contribution in [0, 0.1) is 12.8 Å². The number of hydrogen-bond donors (Lipinski definition) is 2. The van der Waals surface area contributed by atoms with Crippen molar-refractivity contribution < 1.29 is 0 Å². The zero-order valence-electron chi connectivity index (χ0n) is 11.7. The minimum atomic E-state index is 0.524. The predicted molar refractivity (Wildman–Crippen MR) is 75.6 cm³/mol. The first kappa shape index (κ1) is 13.1. The molecule has 0 amide bonds. The summed E-state index contributed by atoms with van der Waals surface area (Å²) in [6, 6.07) is 0.524. The van der Waals surface area contributed by atoms with E-state index in [0.29, 0.717) is 17.8 Å². The van der Waals surface area contributed by atoms with E-state index in [9.17, 15) is 0 Å². The molecule has 3 N–H and O–H groups in total. The van der Waals surface area contributed by atoms with E-state index in [-0.39, 0.29) is 0 Å². The molecule has 4 nitrogen and oxygen atoms in total. The number of aryl methyl sites for hydroxylation is 1. The first-order valence-electron chi connectivity index (χ1n) is 7.01. The zero-order chi connectivity index (χ0) is 13.1. The molecule has 1 fully saturated rings. The summed E-state index contributed by atoms with van der Waals surface area (Å²) in [4.78, 5) is 8.87. The average molecular weight is 248 g/mol. The quantitative estimate of drug-likeness (QED) is 0.863. The van der Waals surface area contributed by atoms with Crippen LogP contribution in [0.1, 0.15) is 50.9 Å². The van der Waals surface area contributed by atoms with E-state index in [1.807, 2.05) is 6.92 Å². The van der Waals surface area contributed by atoms with Gasteiger partial charge in [0, 0.05) is 18.0 Å². The van der Waals surface area contributed by atoms with E-state index in [4.69, 9.17) is 5.73 Å². The molecule has 0 radical (unpaired) electrons. The van der Waals surface area contributed by atoms with Crippen LogP contribution in [0.15, 0.2) is 0 Å². The van der Waals surface area contributed by atoms with Gasteiger partial charge in [0.15, 0.2) is 0 Å². The van der Waals surface area contributed by atoms with Crippen molar-refractivity contribution in [3.05, 3.63) is 11.4 Å². The molecule has 2 atom stereocenters. The molecule has 1 heterocycles. The van der Waals surface area contributed by atoms with Crippen LogP contribution in [0.5, 0.6) is 0 Å². The van der Waals surface area contributed by atoms with Crippen LogP contribution >= 0.6 is 0 Å². The Balaban J connectivity index is 2.19. The van der Waals surface area contributed by atoms with Crippen LogP contribution in [-0.4, -0.2) is 16.0 Å². The normalized spacial score (nSPS) is 23.9. The first-order chi connectivity index (χ1) is 8.61. The molecular formula is C14H24N4. The Morgan fingerprint density at radius 2 is 2.00 bits per heavy atom. The van der Waals surface area contributed by atoms with Gasteiger partial charge in [0.2, 0.25) is 0 Å². The van der Waals surface area contributed by atoms with Crippen molar-refractivity contribution in [2.24, 2.45) is 5.92 Å².